The molecule has 0 spiro atoms. The van der Waals surface area contributed by atoms with Crippen molar-refractivity contribution in [2.45, 2.75) is 63.5 Å². The maximum atomic E-state index is 8.07. The van der Waals surface area contributed by atoms with E-state index >= 15 is 0 Å². The zero-order chi connectivity index (χ0) is 21.1. The van der Waals surface area contributed by atoms with Gasteiger partial charge in [0, 0.05) is 17.4 Å². The lowest BCUT2D eigenvalue weighted by atomic mass is 10.1. The summed E-state index contributed by atoms with van der Waals surface area (Å²) < 4.78 is 5.10. The molecule has 2 aliphatic rings. The Labute approximate surface area is 174 Å². The van der Waals surface area contributed by atoms with Crippen molar-refractivity contribution < 1.29 is 10.5 Å². The Balaban J connectivity index is 0.000000212. The number of fused-ring (bicyclic) bond motifs is 3. The largest absolute Gasteiger partial charge is 0.345 e. The number of hydrogen-bond acceptors (Lipinski definition) is 8. The molecule has 0 unspecified atom stereocenters. The first kappa shape index (κ1) is 23.1. The van der Waals surface area contributed by atoms with Crippen molar-refractivity contribution in [3.05, 3.63) is 24.3 Å². The molecule has 0 bridgehead atoms. The topological polar surface area (TPSA) is 135 Å². The summed E-state index contributed by atoms with van der Waals surface area (Å²) in [5.74, 6) is 1.66. The van der Waals surface area contributed by atoms with Crippen molar-refractivity contribution in [1.82, 2.24) is 29.3 Å². The molecular formula is C19H29N7O2S. The predicted octanol–water partition coefficient (Wildman–Crippen LogP) is 4.22. The average molecular weight is 420 g/mol. The Bertz CT molecular complexity index is 895. The van der Waals surface area contributed by atoms with Crippen LogP contribution in [0.3, 0.4) is 0 Å². The zero-order valence-corrected chi connectivity index (χ0v) is 17.7. The van der Waals surface area contributed by atoms with Gasteiger partial charge in [0.15, 0.2) is 11.3 Å². The summed E-state index contributed by atoms with van der Waals surface area (Å²) in [5.41, 5.74) is 2.82. The van der Waals surface area contributed by atoms with Crippen LogP contribution >= 0.6 is 11.9 Å². The lowest BCUT2D eigenvalue weighted by molar-refractivity contribution is -0.176. The Hall–Kier alpha value is -2.19. The number of H-pyrrole nitrogens is 1. The third kappa shape index (κ3) is 6.14. The van der Waals surface area contributed by atoms with Gasteiger partial charge in [-0.05, 0) is 31.7 Å². The van der Waals surface area contributed by atoms with Crippen LogP contribution in [0.1, 0.15) is 64.1 Å². The zero-order valence-electron chi connectivity index (χ0n) is 16.9. The molecule has 29 heavy (non-hydrogen) atoms. The molecule has 2 saturated carbocycles. The van der Waals surface area contributed by atoms with E-state index in [-0.39, 0.29) is 0 Å². The molecular weight excluding hydrogens is 390 g/mol. The van der Waals surface area contributed by atoms with E-state index in [0.717, 1.165) is 27.9 Å². The van der Waals surface area contributed by atoms with Crippen molar-refractivity contribution in [3.8, 4) is 6.07 Å². The van der Waals surface area contributed by atoms with E-state index in [1.54, 1.807) is 18.1 Å². The second-order valence-electron chi connectivity index (χ2n) is 6.50. The fraction of sp³-hybridized carbons (Fsp3) is 0.579. The monoisotopic (exact) mass is 419 g/mol. The maximum Gasteiger partial charge on any atom is 0.179 e. The number of aromatic nitrogens is 5. The molecule has 3 heterocycles. The molecule has 0 aliphatic heterocycles. The van der Waals surface area contributed by atoms with Gasteiger partial charge >= 0.3 is 0 Å². The SMILES string of the molecule is CC.N#CCNSC1CC1.OO.c1cc2c(ncc3nnc(C4CCCC4)n32)[nH]1. The molecule has 2 fully saturated rings. The summed E-state index contributed by atoms with van der Waals surface area (Å²) >= 11 is 1.69. The Morgan fingerprint density at radius 3 is 2.62 bits per heavy atom. The van der Waals surface area contributed by atoms with Gasteiger partial charge in [-0.15, -0.1) is 10.2 Å². The van der Waals surface area contributed by atoms with E-state index in [4.69, 9.17) is 15.8 Å². The molecule has 0 atom stereocenters. The summed E-state index contributed by atoms with van der Waals surface area (Å²) in [6.45, 7) is 4.47. The first-order chi connectivity index (χ1) is 14.4. The van der Waals surface area contributed by atoms with Crippen LogP contribution in [0.5, 0.6) is 0 Å². The van der Waals surface area contributed by atoms with Gasteiger partial charge in [0.1, 0.15) is 5.82 Å². The molecule has 10 heteroatoms. The van der Waals surface area contributed by atoms with Gasteiger partial charge in [-0.1, -0.05) is 38.6 Å². The van der Waals surface area contributed by atoms with E-state index in [9.17, 15) is 0 Å². The predicted molar refractivity (Wildman–Crippen MR) is 115 cm³/mol. The van der Waals surface area contributed by atoms with Crippen LogP contribution in [0.4, 0.5) is 0 Å². The van der Waals surface area contributed by atoms with Crippen LogP contribution in [0.15, 0.2) is 18.5 Å². The first-order valence-corrected chi connectivity index (χ1v) is 10.9. The highest BCUT2D eigenvalue weighted by molar-refractivity contribution is 7.98. The minimum Gasteiger partial charge on any atom is -0.345 e. The Morgan fingerprint density at radius 1 is 1.24 bits per heavy atom. The van der Waals surface area contributed by atoms with Crippen LogP contribution in [0.2, 0.25) is 0 Å². The summed E-state index contributed by atoms with van der Waals surface area (Å²) in [5, 5.41) is 29.5. The molecule has 5 rings (SSSR count). The van der Waals surface area contributed by atoms with Crippen molar-refractivity contribution in [2.75, 3.05) is 6.54 Å². The minimum absolute atomic E-state index is 0.473. The third-order valence-electron chi connectivity index (χ3n) is 4.61. The van der Waals surface area contributed by atoms with Gasteiger partial charge in [-0.2, -0.15) is 5.26 Å². The van der Waals surface area contributed by atoms with Gasteiger partial charge in [0.25, 0.3) is 0 Å². The summed E-state index contributed by atoms with van der Waals surface area (Å²) in [4.78, 5) is 7.46. The standard InChI is InChI=1S/C12H13N5.C5H8N2S.C2H6.H2O2/c1-2-4-8(3-1)12-16-15-10-7-14-11-9(17(10)12)5-6-13-11;6-3-4-7-8-5-1-2-5;2*1-2/h5-8,13H,1-4H2;5,7H,1-2,4H2;1-2H3;1-2H. The van der Waals surface area contributed by atoms with Crippen molar-refractivity contribution in [1.29, 1.82) is 5.26 Å². The second-order valence-corrected chi connectivity index (χ2v) is 7.69. The smallest absolute Gasteiger partial charge is 0.179 e. The molecule has 3 aromatic heterocycles. The van der Waals surface area contributed by atoms with Crippen LogP contribution in [-0.4, -0.2) is 46.9 Å². The van der Waals surface area contributed by atoms with Crippen molar-refractivity contribution >= 4 is 28.8 Å². The molecule has 2 aliphatic carbocycles. The molecule has 0 aromatic carbocycles. The van der Waals surface area contributed by atoms with Gasteiger partial charge in [-0.3, -0.25) is 14.9 Å². The molecule has 9 nitrogen and oxygen atoms in total. The van der Waals surface area contributed by atoms with Crippen LogP contribution < -0.4 is 4.72 Å². The van der Waals surface area contributed by atoms with Crippen LogP contribution in [-0.2, 0) is 0 Å². The molecule has 3 aromatic rings. The average Bonchev–Trinajstić information content (AvgIpc) is 3.18. The number of rotatable bonds is 4. The van der Waals surface area contributed by atoms with Crippen LogP contribution in [0.25, 0.3) is 16.8 Å². The van der Waals surface area contributed by atoms with Gasteiger partial charge < -0.3 is 4.98 Å². The van der Waals surface area contributed by atoms with Gasteiger partial charge in [0.2, 0.25) is 0 Å². The normalized spacial score (nSPS) is 15.6. The van der Waals surface area contributed by atoms with Gasteiger partial charge in [-0.25, -0.2) is 9.71 Å². The van der Waals surface area contributed by atoms with Gasteiger partial charge in [0.05, 0.1) is 24.3 Å². The highest BCUT2D eigenvalue weighted by Crippen LogP contribution is 2.34. The fourth-order valence-corrected chi connectivity index (χ4v) is 3.98. The fourth-order valence-electron chi connectivity index (χ4n) is 3.22. The third-order valence-corrected chi connectivity index (χ3v) is 5.73. The number of aromatic amines is 1. The maximum absolute atomic E-state index is 8.07. The highest BCUT2D eigenvalue weighted by Gasteiger charge is 2.23. The molecule has 4 N–H and O–H groups in total. The number of nitrogens with one attached hydrogen (secondary N) is 2. The molecule has 158 valence electrons. The van der Waals surface area contributed by atoms with E-state index < -0.39 is 0 Å². The molecule has 0 radical (unpaired) electrons. The quantitative estimate of drug-likeness (QED) is 0.162. The lowest BCUT2D eigenvalue weighted by Crippen LogP contribution is -2.03. The van der Waals surface area contributed by atoms with Crippen molar-refractivity contribution in [2.24, 2.45) is 0 Å². The number of hydrogen-bond donors (Lipinski definition) is 4. The lowest BCUT2D eigenvalue weighted by Gasteiger charge is -2.06. The van der Waals surface area contributed by atoms with Crippen LogP contribution in [0, 0.1) is 11.3 Å². The van der Waals surface area contributed by atoms with E-state index in [0.29, 0.717) is 12.5 Å². The Morgan fingerprint density at radius 2 is 1.97 bits per heavy atom. The summed E-state index contributed by atoms with van der Waals surface area (Å²) in [6.07, 6.45) is 11.4. The number of nitriles is 1. The molecule has 0 amide bonds. The number of nitrogens with zero attached hydrogens (tertiary/aromatic N) is 5. The minimum atomic E-state index is 0.473. The second kappa shape index (κ2) is 12.4. The highest BCUT2D eigenvalue weighted by atomic mass is 32.2. The van der Waals surface area contributed by atoms with E-state index in [1.165, 1.54) is 38.5 Å². The summed E-state index contributed by atoms with van der Waals surface area (Å²) in [7, 11) is 0. The van der Waals surface area contributed by atoms with E-state index in [2.05, 4.69) is 29.3 Å². The Kier molecular flexibility index (Phi) is 9.87. The first-order valence-electron chi connectivity index (χ1n) is 9.99. The van der Waals surface area contributed by atoms with Crippen molar-refractivity contribution in [3.63, 3.8) is 0 Å². The summed E-state index contributed by atoms with van der Waals surface area (Å²) in [6, 6.07) is 4.06. The van der Waals surface area contributed by atoms with E-state index in [1.807, 2.05) is 32.2 Å². The molecule has 0 saturated heterocycles.